The minimum Gasteiger partial charge on any atom is -0.464 e. The van der Waals surface area contributed by atoms with Gasteiger partial charge in [-0.3, -0.25) is 14.6 Å². The van der Waals surface area contributed by atoms with Crippen LogP contribution in [0.3, 0.4) is 0 Å². The molecule has 0 radical (unpaired) electrons. The van der Waals surface area contributed by atoms with E-state index in [1.165, 1.54) is 5.17 Å². The summed E-state index contributed by atoms with van der Waals surface area (Å²) in [4.78, 5) is 23.3. The minimum atomic E-state index is -0.309. The second-order valence-electron chi connectivity index (χ2n) is 6.86. The highest BCUT2D eigenvalue weighted by Crippen LogP contribution is 2.27. The van der Waals surface area contributed by atoms with Crippen LogP contribution in [0.4, 0.5) is 0 Å². The number of carbonyl (C=O) groups is 1. The molecule has 1 saturated carbocycles. The van der Waals surface area contributed by atoms with Crippen molar-refractivity contribution in [1.82, 2.24) is 15.2 Å². The summed E-state index contributed by atoms with van der Waals surface area (Å²) >= 11 is 0. The van der Waals surface area contributed by atoms with E-state index < -0.39 is 0 Å². The molecular formula is C19H23N3O4. The van der Waals surface area contributed by atoms with E-state index in [-0.39, 0.29) is 18.1 Å². The fraction of sp³-hybridized carbons (Fsp3) is 0.474. The third-order valence-electron chi connectivity index (χ3n) is 4.96. The molecular weight excluding hydrogens is 334 g/mol. The largest absolute Gasteiger partial charge is 0.464 e. The van der Waals surface area contributed by atoms with Crippen LogP contribution in [0.1, 0.15) is 42.5 Å². The predicted molar refractivity (Wildman–Crippen MR) is 93.6 cm³/mol. The van der Waals surface area contributed by atoms with E-state index in [1.54, 1.807) is 30.8 Å². The number of carbonyl (C=O) groups excluding carboxylic acids is 1. The Balaban J connectivity index is 1.56. The first-order valence-corrected chi connectivity index (χ1v) is 9.14. The summed E-state index contributed by atoms with van der Waals surface area (Å²) in [5, 5.41) is 13.0. The van der Waals surface area contributed by atoms with Gasteiger partial charge in [0, 0.05) is 31.0 Å². The van der Waals surface area contributed by atoms with Crippen molar-refractivity contribution in [3.05, 3.63) is 42.4 Å². The average molecular weight is 357 g/mol. The molecule has 2 aliphatic rings. The van der Waals surface area contributed by atoms with E-state index in [0.29, 0.717) is 37.3 Å². The highest BCUT2D eigenvalue weighted by molar-refractivity contribution is 5.94. The van der Waals surface area contributed by atoms with Gasteiger partial charge in [-0.2, -0.15) is 5.01 Å². The van der Waals surface area contributed by atoms with Crippen LogP contribution in [-0.4, -0.2) is 51.5 Å². The number of hydrazine groups is 1. The monoisotopic (exact) mass is 357 g/mol. The maximum Gasteiger partial charge on any atom is 0.294 e. The molecule has 0 atom stereocenters. The van der Waals surface area contributed by atoms with Crippen LogP contribution in [0.2, 0.25) is 0 Å². The highest BCUT2D eigenvalue weighted by Gasteiger charge is 2.32. The lowest BCUT2D eigenvalue weighted by Crippen LogP contribution is -2.52. The van der Waals surface area contributed by atoms with Crippen molar-refractivity contribution >= 4 is 5.91 Å². The molecule has 3 heterocycles. The first-order chi connectivity index (χ1) is 12.7. The predicted octanol–water partition coefficient (Wildman–Crippen LogP) is 2.64. The van der Waals surface area contributed by atoms with Gasteiger partial charge in [0.15, 0.2) is 0 Å². The lowest BCUT2D eigenvalue weighted by Gasteiger charge is -2.40. The van der Waals surface area contributed by atoms with Gasteiger partial charge in [0.25, 0.3) is 5.91 Å². The van der Waals surface area contributed by atoms with E-state index in [1.807, 2.05) is 11.1 Å². The van der Waals surface area contributed by atoms with E-state index >= 15 is 0 Å². The lowest BCUT2D eigenvalue weighted by atomic mass is 9.97. The smallest absolute Gasteiger partial charge is 0.294 e. The summed E-state index contributed by atoms with van der Waals surface area (Å²) in [7, 11) is 0. The molecule has 0 aromatic carbocycles. The van der Waals surface area contributed by atoms with E-state index in [0.717, 1.165) is 24.8 Å². The van der Waals surface area contributed by atoms with Gasteiger partial charge in [-0.05, 0) is 50.3 Å². The number of furan rings is 1. The summed E-state index contributed by atoms with van der Waals surface area (Å²) < 4.78 is 5.40. The Morgan fingerprint density at radius 1 is 1.27 bits per heavy atom. The number of pyridine rings is 1. The van der Waals surface area contributed by atoms with Crippen molar-refractivity contribution in [2.24, 2.45) is 0 Å². The van der Waals surface area contributed by atoms with Gasteiger partial charge in [0.2, 0.25) is 0 Å². The number of aliphatic hydroxyl groups is 1. The number of rotatable bonds is 5. The fourth-order valence-corrected chi connectivity index (χ4v) is 3.14. The first kappa shape index (κ1) is 17.2. The quantitative estimate of drug-likeness (QED) is 0.829. The molecule has 26 heavy (non-hydrogen) atoms. The number of nitrogens with zero attached hydrogens (tertiary/aromatic N) is 3. The second kappa shape index (κ2) is 7.57. The van der Waals surface area contributed by atoms with Crippen LogP contribution in [0.5, 0.6) is 0 Å². The zero-order chi connectivity index (χ0) is 17.9. The molecule has 2 fully saturated rings. The molecule has 2 aromatic heterocycles. The number of hydrogen-bond donors (Lipinski definition) is 1. The summed E-state index contributed by atoms with van der Waals surface area (Å²) in [6.45, 7) is 1.18. The average Bonchev–Trinajstić information content (AvgIpc) is 3.16. The normalized spacial score (nSPS) is 19.3. The van der Waals surface area contributed by atoms with Crippen LogP contribution in [0.15, 0.2) is 41.3 Å². The first-order valence-electron chi connectivity index (χ1n) is 9.14. The maximum atomic E-state index is 13.1. The third-order valence-corrected chi connectivity index (χ3v) is 4.96. The van der Waals surface area contributed by atoms with Gasteiger partial charge >= 0.3 is 0 Å². The molecule has 1 N–H and O–H groups in total. The Labute approximate surface area is 152 Å². The van der Waals surface area contributed by atoms with Gasteiger partial charge in [0.05, 0.1) is 24.0 Å². The number of hydrogen-bond acceptors (Lipinski definition) is 6. The van der Waals surface area contributed by atoms with Crippen LogP contribution >= 0.6 is 0 Å². The van der Waals surface area contributed by atoms with Crippen LogP contribution in [0, 0.1) is 0 Å². The molecule has 1 aliphatic carbocycles. The Morgan fingerprint density at radius 3 is 2.73 bits per heavy atom. The molecule has 1 aliphatic heterocycles. The van der Waals surface area contributed by atoms with Gasteiger partial charge < -0.3 is 9.52 Å². The molecule has 7 nitrogen and oxygen atoms in total. The number of aromatic nitrogens is 1. The zero-order valence-corrected chi connectivity index (χ0v) is 14.6. The van der Waals surface area contributed by atoms with E-state index in [2.05, 4.69) is 4.98 Å². The van der Waals surface area contributed by atoms with Gasteiger partial charge in [-0.1, -0.05) is 0 Å². The topological polar surface area (TPSA) is 79.0 Å². The molecule has 1 saturated heterocycles. The van der Waals surface area contributed by atoms with Crippen molar-refractivity contribution in [2.75, 3.05) is 13.1 Å². The highest BCUT2D eigenvalue weighted by atomic mass is 16.7. The summed E-state index contributed by atoms with van der Waals surface area (Å²) in [6.07, 6.45) is 8.88. The van der Waals surface area contributed by atoms with Crippen LogP contribution in [0.25, 0.3) is 11.3 Å². The van der Waals surface area contributed by atoms with Crippen LogP contribution < -0.4 is 0 Å². The Bertz CT molecular complexity index is 737. The van der Waals surface area contributed by atoms with Gasteiger partial charge in [0.1, 0.15) is 5.76 Å². The van der Waals surface area contributed by atoms with Gasteiger partial charge in [-0.25, -0.2) is 0 Å². The minimum absolute atomic E-state index is 0.0759. The number of aliphatic hydroxyl groups excluding tert-OH is 1. The Hall–Kier alpha value is -2.22. The van der Waals surface area contributed by atoms with Crippen molar-refractivity contribution in [2.45, 2.75) is 44.3 Å². The molecule has 0 bridgehead atoms. The molecule has 0 spiro atoms. The Morgan fingerprint density at radius 2 is 2.08 bits per heavy atom. The van der Waals surface area contributed by atoms with Crippen molar-refractivity contribution in [3.8, 4) is 11.3 Å². The van der Waals surface area contributed by atoms with Crippen LogP contribution in [-0.2, 0) is 4.84 Å². The molecule has 7 heteroatoms. The Kier molecular flexibility index (Phi) is 5.01. The second-order valence-corrected chi connectivity index (χ2v) is 6.86. The fourth-order valence-electron chi connectivity index (χ4n) is 3.14. The number of amides is 1. The van der Waals surface area contributed by atoms with Gasteiger partial charge in [-0.15, -0.1) is 5.17 Å². The zero-order valence-electron chi connectivity index (χ0n) is 14.6. The molecule has 0 unspecified atom stereocenters. The SMILES string of the molecule is O=C(c1cncc(-c2ccco2)c1)N(OC1CCC1)N1CCC(O)CC1. The molecule has 4 rings (SSSR count). The standard InChI is InChI=1S/C19H23N3O4/c23-16-6-8-21(9-7-16)22(26-17-3-1-4-17)19(24)15-11-14(12-20-13-15)18-5-2-10-25-18/h2,5,10-13,16-17,23H,1,3-4,6-9H2. The van der Waals surface area contributed by atoms with E-state index in [4.69, 9.17) is 9.25 Å². The molecule has 138 valence electrons. The number of hydroxylamine groups is 1. The van der Waals surface area contributed by atoms with E-state index in [9.17, 15) is 9.90 Å². The summed E-state index contributed by atoms with van der Waals surface area (Å²) in [5.41, 5.74) is 1.20. The van der Waals surface area contributed by atoms with Crippen molar-refractivity contribution < 1.29 is 19.2 Å². The molecule has 2 aromatic rings. The summed E-state index contributed by atoms with van der Waals surface area (Å²) in [6, 6.07) is 5.40. The molecule has 1 amide bonds. The summed E-state index contributed by atoms with van der Waals surface area (Å²) in [5.74, 6) is 0.425. The third kappa shape index (κ3) is 3.65. The maximum absolute atomic E-state index is 13.1. The van der Waals surface area contributed by atoms with Crippen molar-refractivity contribution in [3.63, 3.8) is 0 Å². The number of piperidine rings is 1. The lowest BCUT2D eigenvalue weighted by molar-refractivity contribution is -0.288. The van der Waals surface area contributed by atoms with Crippen molar-refractivity contribution in [1.29, 1.82) is 0 Å².